The number of rotatable bonds is 4. The van der Waals surface area contributed by atoms with Gasteiger partial charge < -0.3 is 10.6 Å². The van der Waals surface area contributed by atoms with Gasteiger partial charge in [-0.15, -0.1) is 5.10 Å². The highest BCUT2D eigenvalue weighted by molar-refractivity contribution is 6.30. The molecule has 3 rings (SSSR count). The van der Waals surface area contributed by atoms with Crippen molar-refractivity contribution in [1.29, 1.82) is 0 Å². The van der Waals surface area contributed by atoms with Crippen LogP contribution in [0.4, 0.5) is 27.5 Å². The van der Waals surface area contributed by atoms with Crippen molar-refractivity contribution in [3.8, 4) is 0 Å². The Kier molecular flexibility index (Phi) is 4.11. The molecule has 0 radical (unpaired) electrons. The molecule has 0 atom stereocenters. The average Bonchev–Trinajstić information content (AvgIpc) is 2.52. The van der Waals surface area contributed by atoms with Crippen molar-refractivity contribution in [3.05, 3.63) is 65.6 Å². The van der Waals surface area contributed by atoms with Gasteiger partial charge in [0.25, 0.3) is 0 Å². The molecule has 22 heavy (non-hydrogen) atoms. The lowest BCUT2D eigenvalue weighted by atomic mass is 10.3. The molecule has 1 heterocycles. The molecule has 0 saturated carbocycles. The quantitative estimate of drug-likeness (QED) is 0.757. The lowest BCUT2D eigenvalue weighted by molar-refractivity contribution is 0.628. The lowest BCUT2D eigenvalue weighted by Crippen LogP contribution is -2.02. The first-order chi connectivity index (χ1) is 10.7. The molecular weight excluding hydrogens is 305 g/mol. The van der Waals surface area contributed by atoms with E-state index < -0.39 is 0 Å². The van der Waals surface area contributed by atoms with E-state index in [-0.39, 0.29) is 5.82 Å². The van der Waals surface area contributed by atoms with Crippen LogP contribution in [0, 0.1) is 5.82 Å². The van der Waals surface area contributed by atoms with Gasteiger partial charge in [-0.1, -0.05) is 11.6 Å². The van der Waals surface area contributed by atoms with E-state index in [1.807, 2.05) is 12.1 Å². The van der Waals surface area contributed by atoms with Gasteiger partial charge in [-0.2, -0.15) is 10.1 Å². The molecule has 0 fully saturated rings. The van der Waals surface area contributed by atoms with Crippen LogP contribution in [0.3, 0.4) is 0 Å². The maximum Gasteiger partial charge on any atom is 0.249 e. The Morgan fingerprint density at radius 2 is 1.50 bits per heavy atom. The number of nitrogens with one attached hydrogen (secondary N) is 2. The Labute approximate surface area is 131 Å². The fourth-order valence-corrected chi connectivity index (χ4v) is 1.89. The Morgan fingerprint density at radius 3 is 2.23 bits per heavy atom. The van der Waals surface area contributed by atoms with Crippen molar-refractivity contribution in [1.82, 2.24) is 15.2 Å². The molecule has 0 spiro atoms. The van der Waals surface area contributed by atoms with Crippen molar-refractivity contribution in [2.75, 3.05) is 10.6 Å². The minimum atomic E-state index is -0.295. The van der Waals surface area contributed by atoms with Crippen molar-refractivity contribution in [3.63, 3.8) is 0 Å². The molecule has 0 saturated heterocycles. The van der Waals surface area contributed by atoms with Gasteiger partial charge in [0.15, 0.2) is 5.82 Å². The molecule has 2 N–H and O–H groups in total. The summed E-state index contributed by atoms with van der Waals surface area (Å²) < 4.78 is 12.9. The summed E-state index contributed by atoms with van der Waals surface area (Å²) in [5.74, 6) is 0.545. The molecule has 0 bridgehead atoms. The minimum absolute atomic E-state index is 0.295. The molecule has 7 heteroatoms. The first-order valence-corrected chi connectivity index (χ1v) is 6.82. The minimum Gasteiger partial charge on any atom is -0.339 e. The molecule has 2 aromatic carbocycles. The van der Waals surface area contributed by atoms with E-state index in [1.54, 1.807) is 24.3 Å². The van der Waals surface area contributed by atoms with Crippen molar-refractivity contribution in [2.45, 2.75) is 0 Å². The number of nitrogens with zero attached hydrogens (tertiary/aromatic N) is 3. The summed E-state index contributed by atoms with van der Waals surface area (Å²) in [7, 11) is 0. The second-order valence-corrected chi connectivity index (χ2v) is 4.87. The summed E-state index contributed by atoms with van der Waals surface area (Å²) in [6.45, 7) is 0. The van der Waals surface area contributed by atoms with Gasteiger partial charge >= 0.3 is 0 Å². The number of aromatic nitrogens is 3. The topological polar surface area (TPSA) is 62.7 Å². The highest BCUT2D eigenvalue weighted by Gasteiger charge is 2.02. The largest absolute Gasteiger partial charge is 0.339 e. The third kappa shape index (κ3) is 3.67. The Morgan fingerprint density at radius 1 is 0.864 bits per heavy atom. The Hall–Kier alpha value is -2.73. The van der Waals surface area contributed by atoms with Crippen molar-refractivity contribution < 1.29 is 4.39 Å². The first kappa shape index (κ1) is 14.2. The Bertz CT molecular complexity index is 699. The first-order valence-electron chi connectivity index (χ1n) is 6.44. The van der Waals surface area contributed by atoms with Crippen LogP contribution >= 0.6 is 11.6 Å². The fourth-order valence-electron chi connectivity index (χ4n) is 1.76. The van der Waals surface area contributed by atoms with E-state index in [0.717, 1.165) is 5.69 Å². The van der Waals surface area contributed by atoms with Crippen LogP contribution in [0.5, 0.6) is 0 Å². The van der Waals surface area contributed by atoms with Crippen molar-refractivity contribution in [2.24, 2.45) is 0 Å². The molecule has 5 nitrogen and oxygen atoms in total. The molecule has 0 aliphatic carbocycles. The molecule has 0 unspecified atom stereocenters. The summed E-state index contributed by atoms with van der Waals surface area (Å²) >= 11 is 5.83. The Balaban J connectivity index is 1.74. The third-order valence-electron chi connectivity index (χ3n) is 2.78. The zero-order chi connectivity index (χ0) is 15.4. The van der Waals surface area contributed by atoms with Gasteiger partial charge in [-0.25, -0.2) is 4.39 Å². The summed E-state index contributed by atoms with van der Waals surface area (Å²) in [5, 5.41) is 14.5. The predicted molar refractivity (Wildman–Crippen MR) is 84.2 cm³/mol. The van der Waals surface area contributed by atoms with E-state index in [2.05, 4.69) is 25.8 Å². The highest BCUT2D eigenvalue weighted by atomic mass is 35.5. The molecule has 0 aliphatic rings. The number of hydrogen-bond donors (Lipinski definition) is 2. The van der Waals surface area contributed by atoms with Gasteiger partial charge in [0.2, 0.25) is 5.95 Å². The van der Waals surface area contributed by atoms with Gasteiger partial charge in [-0.3, -0.25) is 0 Å². The van der Waals surface area contributed by atoms with Crippen LogP contribution in [0.25, 0.3) is 0 Å². The lowest BCUT2D eigenvalue weighted by Gasteiger charge is -2.07. The van der Waals surface area contributed by atoms with Gasteiger partial charge in [-0.05, 0) is 48.5 Å². The molecule has 110 valence electrons. The van der Waals surface area contributed by atoms with E-state index in [1.165, 1.54) is 18.3 Å². The molecule has 1 aromatic heterocycles. The van der Waals surface area contributed by atoms with Gasteiger partial charge in [0.1, 0.15) is 5.82 Å². The average molecular weight is 316 g/mol. The number of anilines is 4. The normalized spacial score (nSPS) is 10.3. The molecule has 0 amide bonds. The van der Waals surface area contributed by atoms with E-state index in [4.69, 9.17) is 11.6 Å². The van der Waals surface area contributed by atoms with Gasteiger partial charge in [0.05, 0.1) is 6.20 Å². The number of benzene rings is 2. The van der Waals surface area contributed by atoms with E-state index >= 15 is 0 Å². The SMILES string of the molecule is Fc1ccc(Nc2cnnc(Nc3ccc(Cl)cc3)n2)cc1. The van der Waals surface area contributed by atoms with Crippen LogP contribution in [0.2, 0.25) is 5.02 Å². The third-order valence-corrected chi connectivity index (χ3v) is 3.03. The van der Waals surface area contributed by atoms with Crippen LogP contribution in [0.1, 0.15) is 0 Å². The summed E-state index contributed by atoms with van der Waals surface area (Å²) in [6.07, 6.45) is 1.48. The zero-order valence-electron chi connectivity index (χ0n) is 11.3. The summed E-state index contributed by atoms with van der Waals surface area (Å²) in [6, 6.07) is 13.1. The summed E-state index contributed by atoms with van der Waals surface area (Å²) in [5.41, 5.74) is 1.50. The van der Waals surface area contributed by atoms with E-state index in [0.29, 0.717) is 22.5 Å². The van der Waals surface area contributed by atoms with Crippen molar-refractivity contribution >= 4 is 34.7 Å². The van der Waals surface area contributed by atoms with Gasteiger partial charge in [0, 0.05) is 16.4 Å². The van der Waals surface area contributed by atoms with Crippen LogP contribution in [-0.4, -0.2) is 15.2 Å². The van der Waals surface area contributed by atoms with Crippen LogP contribution in [0.15, 0.2) is 54.7 Å². The maximum atomic E-state index is 12.9. The fraction of sp³-hybridized carbons (Fsp3) is 0. The molecular formula is C15H11ClFN5. The summed E-state index contributed by atoms with van der Waals surface area (Å²) in [4.78, 5) is 4.29. The molecule has 0 aliphatic heterocycles. The smallest absolute Gasteiger partial charge is 0.249 e. The monoisotopic (exact) mass is 315 g/mol. The van der Waals surface area contributed by atoms with Crippen LogP contribution in [-0.2, 0) is 0 Å². The highest BCUT2D eigenvalue weighted by Crippen LogP contribution is 2.18. The van der Waals surface area contributed by atoms with E-state index in [9.17, 15) is 4.39 Å². The predicted octanol–water partition coefficient (Wildman–Crippen LogP) is 4.15. The zero-order valence-corrected chi connectivity index (χ0v) is 12.0. The van der Waals surface area contributed by atoms with Crippen LogP contribution < -0.4 is 10.6 Å². The maximum absolute atomic E-state index is 12.9. The molecule has 3 aromatic rings. The second kappa shape index (κ2) is 6.36. The second-order valence-electron chi connectivity index (χ2n) is 4.43. The number of halogens is 2. The number of hydrogen-bond acceptors (Lipinski definition) is 5. The standard InChI is InChI=1S/C15H11ClFN5/c16-10-1-5-13(6-2-10)20-15-21-14(9-18-22-15)19-12-7-3-11(17)4-8-12/h1-9H,(H2,19,20,21,22).